The van der Waals surface area contributed by atoms with Gasteiger partial charge in [-0.25, -0.2) is 19.7 Å². The SMILES string of the molecule is COC(=O)C1C2CCC(C2)C1NC(=O)OC[C@H]1OC(n2cnc3c(NC4CCOC4)ncnc32)C(O)[C@@H]1O. The molecule has 2 aliphatic carbocycles. The van der Waals surface area contributed by atoms with Crippen molar-refractivity contribution in [1.29, 1.82) is 0 Å². The number of carbonyl (C=O) groups is 2. The highest BCUT2D eigenvalue weighted by atomic mass is 16.6. The second kappa shape index (κ2) is 10.2. The molecule has 0 radical (unpaired) electrons. The van der Waals surface area contributed by atoms with E-state index in [1.54, 1.807) is 0 Å². The Labute approximate surface area is 218 Å². The summed E-state index contributed by atoms with van der Waals surface area (Å²) < 4.78 is 23.1. The summed E-state index contributed by atoms with van der Waals surface area (Å²) >= 11 is 0. The maximum Gasteiger partial charge on any atom is 0.407 e. The summed E-state index contributed by atoms with van der Waals surface area (Å²) in [6, 6.07) is -0.236. The third kappa shape index (κ3) is 4.44. The molecule has 206 valence electrons. The fraction of sp³-hybridized carbons (Fsp3) is 0.708. The van der Waals surface area contributed by atoms with Crippen LogP contribution in [-0.4, -0.2) is 99.1 Å². The summed E-state index contributed by atoms with van der Waals surface area (Å²) in [5.74, 6) is 0.231. The molecule has 38 heavy (non-hydrogen) atoms. The molecule has 14 heteroatoms. The Balaban J connectivity index is 1.09. The van der Waals surface area contributed by atoms with Crippen molar-refractivity contribution in [3.63, 3.8) is 0 Å². The fourth-order valence-electron chi connectivity index (χ4n) is 6.39. The summed E-state index contributed by atoms with van der Waals surface area (Å²) in [6.45, 7) is 0.958. The lowest BCUT2D eigenvalue weighted by Gasteiger charge is -2.29. The van der Waals surface area contributed by atoms with Gasteiger partial charge in [-0.05, 0) is 37.5 Å². The molecule has 2 aromatic heterocycles. The number of aliphatic hydroxyl groups excluding tert-OH is 2. The molecule has 2 bridgehead atoms. The highest BCUT2D eigenvalue weighted by Crippen LogP contribution is 2.49. The molecule has 4 heterocycles. The second-order valence-electron chi connectivity index (χ2n) is 10.4. The minimum atomic E-state index is -1.31. The summed E-state index contributed by atoms with van der Waals surface area (Å²) in [5, 5.41) is 27.5. The van der Waals surface area contributed by atoms with E-state index < -0.39 is 30.6 Å². The molecule has 0 aromatic carbocycles. The number of methoxy groups -OCH3 is 1. The molecule has 1 amide bonds. The van der Waals surface area contributed by atoms with Crippen LogP contribution in [0.2, 0.25) is 0 Å². The van der Waals surface area contributed by atoms with Crippen LogP contribution < -0.4 is 10.6 Å². The van der Waals surface area contributed by atoms with Crippen LogP contribution in [0.25, 0.3) is 11.2 Å². The minimum Gasteiger partial charge on any atom is -0.469 e. The zero-order valence-electron chi connectivity index (χ0n) is 20.9. The van der Waals surface area contributed by atoms with Gasteiger partial charge in [0.15, 0.2) is 23.2 Å². The molecule has 0 spiro atoms. The Kier molecular flexibility index (Phi) is 6.80. The van der Waals surface area contributed by atoms with Gasteiger partial charge in [0, 0.05) is 12.6 Å². The van der Waals surface area contributed by atoms with Crippen molar-refractivity contribution in [3.05, 3.63) is 12.7 Å². The van der Waals surface area contributed by atoms with Crippen LogP contribution in [0.4, 0.5) is 10.6 Å². The first kappa shape index (κ1) is 25.2. The lowest BCUT2D eigenvalue weighted by atomic mass is 9.84. The van der Waals surface area contributed by atoms with Crippen LogP contribution >= 0.6 is 0 Å². The largest absolute Gasteiger partial charge is 0.469 e. The number of hydrogen-bond acceptors (Lipinski definition) is 12. The Morgan fingerprint density at radius 3 is 2.79 bits per heavy atom. The van der Waals surface area contributed by atoms with Crippen molar-refractivity contribution in [2.75, 3.05) is 32.2 Å². The molecular formula is C24H32N6O8. The van der Waals surface area contributed by atoms with Crippen molar-refractivity contribution in [3.8, 4) is 0 Å². The number of carbonyl (C=O) groups excluding carboxylic acids is 2. The lowest BCUT2D eigenvalue weighted by molar-refractivity contribution is -0.148. The van der Waals surface area contributed by atoms with Gasteiger partial charge >= 0.3 is 12.1 Å². The second-order valence-corrected chi connectivity index (χ2v) is 10.4. The predicted octanol–water partition coefficient (Wildman–Crippen LogP) is -0.0398. The summed E-state index contributed by atoms with van der Waals surface area (Å²) in [5.41, 5.74) is 0.914. The highest BCUT2D eigenvalue weighted by Gasteiger charge is 2.52. The van der Waals surface area contributed by atoms with Crippen molar-refractivity contribution in [2.24, 2.45) is 17.8 Å². The number of rotatable bonds is 7. The summed E-state index contributed by atoms with van der Waals surface area (Å²) in [6.07, 6.45) is 1.14. The van der Waals surface area contributed by atoms with Crippen molar-refractivity contribution >= 4 is 29.0 Å². The lowest BCUT2D eigenvalue weighted by Crippen LogP contribution is -2.48. The highest BCUT2D eigenvalue weighted by molar-refractivity contribution is 5.83. The van der Waals surface area contributed by atoms with Crippen LogP contribution in [-0.2, 0) is 23.7 Å². The normalized spacial score (nSPS) is 36.0. The maximum absolute atomic E-state index is 12.6. The maximum atomic E-state index is 12.6. The summed E-state index contributed by atoms with van der Waals surface area (Å²) in [7, 11) is 1.35. The molecule has 2 aromatic rings. The van der Waals surface area contributed by atoms with Crippen molar-refractivity contribution in [1.82, 2.24) is 24.8 Å². The van der Waals surface area contributed by atoms with Gasteiger partial charge in [-0.2, -0.15) is 0 Å². The molecule has 4 N–H and O–H groups in total. The smallest absolute Gasteiger partial charge is 0.407 e. The molecule has 7 unspecified atom stereocenters. The quantitative estimate of drug-likeness (QED) is 0.350. The number of aromatic nitrogens is 4. The Hall–Kier alpha value is -3.07. The molecule has 4 fully saturated rings. The van der Waals surface area contributed by atoms with Gasteiger partial charge < -0.3 is 39.8 Å². The van der Waals surface area contributed by atoms with Gasteiger partial charge in [0.05, 0.1) is 32.0 Å². The zero-order chi connectivity index (χ0) is 26.4. The van der Waals surface area contributed by atoms with Gasteiger partial charge in [-0.15, -0.1) is 0 Å². The number of ether oxygens (including phenoxy) is 4. The van der Waals surface area contributed by atoms with E-state index in [0.29, 0.717) is 30.2 Å². The van der Waals surface area contributed by atoms with E-state index in [9.17, 15) is 19.8 Å². The van der Waals surface area contributed by atoms with E-state index >= 15 is 0 Å². The number of imidazole rings is 1. The topological polar surface area (TPSA) is 179 Å². The van der Waals surface area contributed by atoms with Gasteiger partial charge in [-0.1, -0.05) is 0 Å². The van der Waals surface area contributed by atoms with Crippen LogP contribution in [0.3, 0.4) is 0 Å². The van der Waals surface area contributed by atoms with Crippen LogP contribution in [0, 0.1) is 17.8 Å². The van der Waals surface area contributed by atoms with Gasteiger partial charge in [0.1, 0.15) is 31.2 Å². The average molecular weight is 533 g/mol. The number of nitrogens with zero attached hydrogens (tertiary/aromatic N) is 4. The standard InChI is InChI=1S/C24H32N6O8/c1-35-23(33)15-11-2-3-12(6-11)16(15)29-24(34)37-8-14-18(31)19(32)22(38-14)30-10-27-17-20(25-9-26-21(17)30)28-13-4-5-36-7-13/h9-16,18-19,22,31-32H,2-8H2,1H3,(H,29,34)(H,25,26,28)/t11?,12?,13?,14-,15?,16?,18-,19?,22?/m1/s1. The monoisotopic (exact) mass is 532 g/mol. The average Bonchev–Trinajstić information content (AvgIpc) is 3.74. The van der Waals surface area contributed by atoms with Crippen molar-refractivity contribution in [2.45, 2.75) is 62.3 Å². The van der Waals surface area contributed by atoms with Gasteiger partial charge in [0.25, 0.3) is 0 Å². The Morgan fingerprint density at radius 1 is 1.16 bits per heavy atom. The first-order chi connectivity index (χ1) is 18.4. The van der Waals surface area contributed by atoms with Crippen molar-refractivity contribution < 1.29 is 38.7 Å². The molecule has 9 atom stereocenters. The first-order valence-electron chi connectivity index (χ1n) is 13.0. The third-order valence-electron chi connectivity index (χ3n) is 8.29. The van der Waals surface area contributed by atoms with E-state index in [1.807, 2.05) is 0 Å². The molecule has 2 saturated carbocycles. The van der Waals surface area contributed by atoms with Gasteiger partial charge in [-0.3, -0.25) is 9.36 Å². The van der Waals surface area contributed by atoms with Crippen LogP contribution in [0.1, 0.15) is 31.9 Å². The molecular weight excluding hydrogens is 500 g/mol. The van der Waals surface area contributed by atoms with E-state index in [1.165, 1.54) is 24.3 Å². The first-order valence-corrected chi connectivity index (χ1v) is 13.0. The van der Waals surface area contributed by atoms with Crippen LogP contribution in [0.5, 0.6) is 0 Å². The number of aliphatic hydroxyl groups is 2. The summed E-state index contributed by atoms with van der Waals surface area (Å²) in [4.78, 5) is 37.9. The number of hydrogen-bond donors (Lipinski definition) is 4. The number of fused-ring (bicyclic) bond motifs is 3. The Bertz CT molecular complexity index is 1190. The molecule has 2 aliphatic heterocycles. The van der Waals surface area contributed by atoms with Gasteiger partial charge in [0.2, 0.25) is 0 Å². The Morgan fingerprint density at radius 2 is 2.00 bits per heavy atom. The fourth-order valence-corrected chi connectivity index (χ4v) is 6.39. The van der Waals surface area contributed by atoms with E-state index in [-0.39, 0.29) is 42.4 Å². The molecule has 4 aliphatic rings. The van der Waals surface area contributed by atoms with Crippen LogP contribution in [0.15, 0.2) is 12.7 Å². The number of alkyl carbamates (subject to hydrolysis) is 1. The molecule has 6 rings (SSSR count). The van der Waals surface area contributed by atoms with E-state index in [2.05, 4.69) is 25.6 Å². The number of esters is 1. The molecule has 2 saturated heterocycles. The third-order valence-corrected chi connectivity index (χ3v) is 8.29. The number of amides is 1. The van der Waals surface area contributed by atoms with E-state index in [4.69, 9.17) is 18.9 Å². The predicted molar refractivity (Wildman–Crippen MR) is 129 cm³/mol. The molecule has 14 nitrogen and oxygen atoms in total. The minimum absolute atomic E-state index is 0.114. The van der Waals surface area contributed by atoms with E-state index in [0.717, 1.165) is 25.7 Å². The number of anilines is 1. The number of nitrogens with one attached hydrogen (secondary N) is 2. The zero-order valence-corrected chi connectivity index (χ0v) is 20.9.